The van der Waals surface area contributed by atoms with Gasteiger partial charge < -0.3 is 15.7 Å². The molecule has 1 aliphatic carbocycles. The van der Waals surface area contributed by atoms with Gasteiger partial charge in [0.25, 0.3) is 5.91 Å². The topological polar surface area (TPSA) is 147 Å². The second-order valence-corrected chi connectivity index (χ2v) is 11.5. The van der Waals surface area contributed by atoms with Gasteiger partial charge in [-0.25, -0.2) is 13.8 Å². The standard InChI is InChI=1S/C28H31F2N7O4S/c1-4-20(31)32-25(40)15-8-10-28(11-9-15)35(3)37-14-18(23(38)24(39)22(37)27(41)36(28)5-2)26-34-33-21(42-26)12-16-6-7-17(29)13-19(16)30/h6-7,13-15,39H,4-5,8-12H2,1-3H3,(H2,31,32,40). The lowest BCUT2D eigenvalue weighted by molar-refractivity contribution is -0.123. The lowest BCUT2D eigenvalue weighted by Gasteiger charge is -2.56. The first-order chi connectivity index (χ1) is 20.0. The number of aromatic hydroxyl groups is 1. The molecule has 1 spiro atoms. The van der Waals surface area contributed by atoms with Gasteiger partial charge in [0.05, 0.1) is 5.56 Å². The molecule has 11 nitrogen and oxygen atoms in total. The molecule has 0 bridgehead atoms. The van der Waals surface area contributed by atoms with Crippen LogP contribution in [0.1, 0.15) is 67.0 Å². The molecule has 5 rings (SSSR count). The van der Waals surface area contributed by atoms with Crippen LogP contribution in [0.15, 0.2) is 34.2 Å². The van der Waals surface area contributed by atoms with Gasteiger partial charge in [0.1, 0.15) is 28.1 Å². The average Bonchev–Trinajstić information content (AvgIpc) is 3.43. The van der Waals surface area contributed by atoms with Gasteiger partial charge in [-0.2, -0.15) is 0 Å². The van der Waals surface area contributed by atoms with Crippen LogP contribution in [0, 0.1) is 17.6 Å². The van der Waals surface area contributed by atoms with E-state index in [1.165, 1.54) is 16.9 Å². The predicted octanol–water partition coefficient (Wildman–Crippen LogP) is 3.17. The van der Waals surface area contributed by atoms with Gasteiger partial charge in [0, 0.05) is 44.6 Å². The number of hydrogen-bond acceptors (Lipinski definition) is 8. The molecule has 0 unspecified atom stereocenters. The number of aromatic nitrogens is 3. The number of amidine groups is 1. The summed E-state index contributed by atoms with van der Waals surface area (Å²) in [6, 6.07) is 3.25. The van der Waals surface area contributed by atoms with E-state index in [4.69, 9.17) is 5.73 Å². The molecule has 42 heavy (non-hydrogen) atoms. The van der Waals surface area contributed by atoms with Crippen molar-refractivity contribution in [2.75, 3.05) is 18.6 Å². The number of rotatable bonds is 6. The van der Waals surface area contributed by atoms with Gasteiger partial charge in [0.15, 0.2) is 16.5 Å². The second kappa shape index (κ2) is 11.2. The summed E-state index contributed by atoms with van der Waals surface area (Å²) in [6.07, 6.45) is 3.81. The Hall–Kier alpha value is -4.20. The molecule has 0 atom stereocenters. The van der Waals surface area contributed by atoms with E-state index < -0.39 is 34.4 Å². The van der Waals surface area contributed by atoms with Crippen LogP contribution in [0.25, 0.3) is 10.6 Å². The van der Waals surface area contributed by atoms with E-state index in [9.17, 15) is 28.3 Å². The van der Waals surface area contributed by atoms with Gasteiger partial charge in [-0.1, -0.05) is 24.3 Å². The van der Waals surface area contributed by atoms with Crippen molar-refractivity contribution in [2.24, 2.45) is 16.6 Å². The lowest BCUT2D eigenvalue weighted by atomic mass is 9.79. The zero-order valence-corrected chi connectivity index (χ0v) is 24.2. The summed E-state index contributed by atoms with van der Waals surface area (Å²) >= 11 is 1.03. The molecule has 3 aromatic rings. The van der Waals surface area contributed by atoms with E-state index in [1.54, 1.807) is 11.9 Å². The number of fused-ring (bicyclic) bond motifs is 1. The number of hydrogen-bond donors (Lipinski definition) is 2. The Labute approximate surface area is 244 Å². The predicted molar refractivity (Wildman–Crippen MR) is 153 cm³/mol. The molecule has 1 saturated carbocycles. The Morgan fingerprint density at radius 2 is 1.93 bits per heavy atom. The van der Waals surface area contributed by atoms with Crippen molar-refractivity contribution in [1.82, 2.24) is 19.8 Å². The van der Waals surface area contributed by atoms with Crippen molar-refractivity contribution in [3.63, 3.8) is 0 Å². The van der Waals surface area contributed by atoms with Crippen LogP contribution >= 0.6 is 11.3 Å². The SMILES string of the molecule is CCC(N)=NC(=O)C1CCC2(CC1)N(CC)C(=O)c1c(O)c(=O)c(-c3nnc(Cc4ccc(F)cc4F)s3)cn1N2C. The first-order valence-electron chi connectivity index (χ1n) is 13.7. The largest absolute Gasteiger partial charge is 0.502 e. The minimum absolute atomic E-state index is 0.0209. The molecule has 2 aliphatic rings. The molecular formula is C28H31F2N7O4S. The molecule has 3 heterocycles. The third kappa shape index (κ3) is 4.93. The van der Waals surface area contributed by atoms with Crippen LogP contribution in [-0.4, -0.2) is 61.8 Å². The number of carbonyl (C=O) groups excluding carboxylic acids is 2. The van der Waals surface area contributed by atoms with Crippen LogP contribution in [0.5, 0.6) is 5.75 Å². The van der Waals surface area contributed by atoms with Gasteiger partial charge >= 0.3 is 0 Å². The van der Waals surface area contributed by atoms with Gasteiger partial charge in [-0.3, -0.25) is 24.1 Å². The van der Waals surface area contributed by atoms with E-state index >= 15 is 0 Å². The summed E-state index contributed by atoms with van der Waals surface area (Å²) in [5.74, 6) is -2.95. The zero-order valence-electron chi connectivity index (χ0n) is 23.4. The van der Waals surface area contributed by atoms with E-state index in [0.717, 1.165) is 23.5 Å². The highest BCUT2D eigenvalue weighted by molar-refractivity contribution is 7.14. The quantitative estimate of drug-likeness (QED) is 0.325. The van der Waals surface area contributed by atoms with Gasteiger partial charge in [0.2, 0.25) is 11.3 Å². The van der Waals surface area contributed by atoms with Crippen molar-refractivity contribution in [3.8, 4) is 16.3 Å². The minimum atomic E-state index is -0.819. The summed E-state index contributed by atoms with van der Waals surface area (Å²) in [5, 5.41) is 21.5. The number of aliphatic imine (C=N–C) groups is 1. The van der Waals surface area contributed by atoms with Gasteiger partial charge in [-0.05, 0) is 44.2 Å². The van der Waals surface area contributed by atoms with E-state index in [2.05, 4.69) is 15.2 Å². The Balaban J connectivity index is 1.49. The lowest BCUT2D eigenvalue weighted by Crippen LogP contribution is -2.70. The fourth-order valence-corrected chi connectivity index (χ4v) is 6.67. The molecule has 14 heteroatoms. The Morgan fingerprint density at radius 1 is 1.21 bits per heavy atom. The molecule has 2 aromatic heterocycles. The summed E-state index contributed by atoms with van der Waals surface area (Å²) in [5.41, 5.74) is 4.23. The second-order valence-electron chi connectivity index (χ2n) is 10.5. The third-order valence-electron chi connectivity index (χ3n) is 8.16. The molecular weight excluding hydrogens is 568 g/mol. The van der Waals surface area contributed by atoms with Crippen molar-refractivity contribution in [2.45, 2.75) is 58.0 Å². The Morgan fingerprint density at radius 3 is 2.57 bits per heavy atom. The monoisotopic (exact) mass is 599 g/mol. The van der Waals surface area contributed by atoms with Crippen LogP contribution in [0.2, 0.25) is 0 Å². The number of amides is 2. The number of nitrogens with zero attached hydrogens (tertiary/aromatic N) is 6. The first kappa shape index (κ1) is 29.3. The van der Waals surface area contributed by atoms with Crippen molar-refractivity contribution in [3.05, 3.63) is 62.5 Å². The van der Waals surface area contributed by atoms with Crippen molar-refractivity contribution in [1.29, 1.82) is 0 Å². The van der Waals surface area contributed by atoms with Crippen molar-refractivity contribution >= 4 is 29.0 Å². The highest BCUT2D eigenvalue weighted by atomic mass is 32.1. The maximum Gasteiger partial charge on any atom is 0.278 e. The van der Waals surface area contributed by atoms with Crippen molar-refractivity contribution < 1.29 is 23.5 Å². The Bertz CT molecular complexity index is 1650. The van der Waals surface area contributed by atoms with Gasteiger partial charge in [-0.15, -0.1) is 10.2 Å². The Kier molecular flexibility index (Phi) is 7.84. The molecule has 2 amide bonds. The molecule has 3 N–H and O–H groups in total. The number of nitrogens with two attached hydrogens (primary N) is 1. The van der Waals surface area contributed by atoms with Crippen LogP contribution < -0.4 is 16.2 Å². The maximum atomic E-state index is 14.2. The number of pyridine rings is 1. The van der Waals surface area contributed by atoms with E-state index in [-0.39, 0.29) is 45.9 Å². The first-order valence-corrected chi connectivity index (χ1v) is 14.5. The minimum Gasteiger partial charge on any atom is -0.502 e. The molecule has 0 radical (unpaired) electrons. The van der Waals surface area contributed by atoms with Crippen LogP contribution in [0.3, 0.4) is 0 Å². The van der Waals surface area contributed by atoms with Crippen LogP contribution in [-0.2, 0) is 11.2 Å². The summed E-state index contributed by atoms with van der Waals surface area (Å²) in [7, 11) is 1.77. The molecule has 1 aromatic carbocycles. The zero-order chi connectivity index (χ0) is 30.3. The number of halogens is 2. The highest BCUT2D eigenvalue weighted by Gasteiger charge is 2.51. The number of benzene rings is 1. The summed E-state index contributed by atoms with van der Waals surface area (Å²) in [4.78, 5) is 45.3. The molecule has 0 saturated heterocycles. The highest BCUT2D eigenvalue weighted by Crippen LogP contribution is 2.42. The summed E-state index contributed by atoms with van der Waals surface area (Å²) < 4.78 is 29.0. The smallest absolute Gasteiger partial charge is 0.278 e. The fraction of sp³-hybridized carbons (Fsp3) is 0.429. The fourth-order valence-electron chi connectivity index (χ4n) is 5.80. The third-order valence-corrected chi connectivity index (χ3v) is 9.12. The van der Waals surface area contributed by atoms with E-state index in [1.807, 2.05) is 18.9 Å². The molecule has 1 aliphatic heterocycles. The van der Waals surface area contributed by atoms with Crippen LogP contribution in [0.4, 0.5) is 8.78 Å². The number of carbonyl (C=O) groups is 2. The average molecular weight is 600 g/mol. The molecule has 222 valence electrons. The normalized spacial score (nSPS) is 20.7. The molecule has 1 fully saturated rings. The maximum absolute atomic E-state index is 14.2. The summed E-state index contributed by atoms with van der Waals surface area (Å²) in [6.45, 7) is 3.96. The van der Waals surface area contributed by atoms with E-state index in [0.29, 0.717) is 43.7 Å².